The Bertz CT molecular complexity index is 741. The second-order valence-electron chi connectivity index (χ2n) is 6.03. The number of amides is 1. The lowest BCUT2D eigenvalue weighted by Crippen LogP contribution is -2.23. The van der Waals surface area contributed by atoms with Crippen molar-refractivity contribution in [2.75, 3.05) is 29.9 Å². The van der Waals surface area contributed by atoms with Gasteiger partial charge in [0.2, 0.25) is 0 Å². The number of nitrogens with one attached hydrogen (secondary N) is 2. The summed E-state index contributed by atoms with van der Waals surface area (Å²) in [6.45, 7) is 3.22. The Kier molecular flexibility index (Phi) is 5.53. The molecule has 1 aromatic carbocycles. The molecule has 128 valence electrons. The van der Waals surface area contributed by atoms with Gasteiger partial charge in [0.15, 0.2) is 0 Å². The van der Waals surface area contributed by atoms with Gasteiger partial charge in [-0.3, -0.25) is 4.79 Å². The van der Waals surface area contributed by atoms with Gasteiger partial charge in [-0.2, -0.15) is 0 Å². The van der Waals surface area contributed by atoms with E-state index in [0.717, 1.165) is 18.9 Å². The maximum atomic E-state index is 11.8. The highest BCUT2D eigenvalue weighted by Gasteiger charge is 2.11. The molecule has 1 fully saturated rings. The Labute approximate surface area is 148 Å². The van der Waals surface area contributed by atoms with E-state index in [1.54, 1.807) is 18.3 Å². The zero-order chi connectivity index (χ0) is 17.5. The van der Waals surface area contributed by atoms with Gasteiger partial charge >= 0.3 is 0 Å². The summed E-state index contributed by atoms with van der Waals surface area (Å²) in [5.74, 6) is 2.89. The van der Waals surface area contributed by atoms with E-state index in [1.165, 1.54) is 24.1 Å². The Morgan fingerprint density at radius 1 is 1.16 bits per heavy atom. The summed E-state index contributed by atoms with van der Waals surface area (Å²) in [4.78, 5) is 18.5. The summed E-state index contributed by atoms with van der Waals surface area (Å²) < 4.78 is 0. The van der Waals surface area contributed by atoms with Crippen LogP contribution < -0.4 is 15.5 Å². The van der Waals surface area contributed by atoms with Crippen molar-refractivity contribution in [2.45, 2.75) is 19.4 Å². The van der Waals surface area contributed by atoms with Gasteiger partial charge < -0.3 is 15.5 Å². The number of terminal acetylenes is 1. The van der Waals surface area contributed by atoms with E-state index in [1.807, 2.05) is 0 Å². The molecule has 2 heterocycles. The van der Waals surface area contributed by atoms with Crippen LogP contribution in [0, 0.1) is 12.3 Å². The van der Waals surface area contributed by atoms with Gasteiger partial charge in [-0.1, -0.05) is 18.1 Å². The highest BCUT2D eigenvalue weighted by molar-refractivity contribution is 5.94. The Balaban J connectivity index is 1.53. The fourth-order valence-corrected chi connectivity index (χ4v) is 2.86. The number of rotatable bonds is 6. The number of carbonyl (C=O) groups is 1. The zero-order valence-electron chi connectivity index (χ0n) is 14.2. The molecule has 0 aliphatic carbocycles. The molecule has 1 aliphatic heterocycles. The molecule has 3 rings (SSSR count). The monoisotopic (exact) mass is 334 g/mol. The minimum Gasteiger partial charge on any atom is -0.372 e. The summed E-state index contributed by atoms with van der Waals surface area (Å²) in [6.07, 6.45) is 9.24. The van der Waals surface area contributed by atoms with E-state index in [2.05, 4.69) is 50.7 Å². The van der Waals surface area contributed by atoms with E-state index >= 15 is 0 Å². The number of carbonyl (C=O) groups excluding carboxylic acids is 1. The van der Waals surface area contributed by atoms with Gasteiger partial charge in [0, 0.05) is 31.5 Å². The largest absolute Gasteiger partial charge is 0.372 e. The molecule has 25 heavy (non-hydrogen) atoms. The number of hydrogen-bond acceptors (Lipinski definition) is 4. The van der Waals surface area contributed by atoms with Crippen molar-refractivity contribution in [2.24, 2.45) is 0 Å². The lowest BCUT2D eigenvalue weighted by atomic mass is 10.2. The summed E-state index contributed by atoms with van der Waals surface area (Å²) >= 11 is 0. The van der Waals surface area contributed by atoms with Crippen molar-refractivity contribution in [3.8, 4) is 12.3 Å². The molecule has 5 nitrogen and oxygen atoms in total. The van der Waals surface area contributed by atoms with Crippen LogP contribution in [0.3, 0.4) is 0 Å². The van der Waals surface area contributed by atoms with Crippen molar-refractivity contribution < 1.29 is 4.79 Å². The average Bonchev–Trinajstić information content (AvgIpc) is 3.20. The van der Waals surface area contributed by atoms with Crippen LogP contribution in [-0.4, -0.2) is 30.5 Å². The fourth-order valence-electron chi connectivity index (χ4n) is 2.86. The maximum Gasteiger partial charge on any atom is 0.253 e. The first-order chi connectivity index (χ1) is 12.3. The van der Waals surface area contributed by atoms with E-state index in [0.29, 0.717) is 12.1 Å². The van der Waals surface area contributed by atoms with Crippen LogP contribution in [0.4, 0.5) is 11.5 Å². The minimum absolute atomic E-state index is 0.213. The van der Waals surface area contributed by atoms with Crippen molar-refractivity contribution in [3.63, 3.8) is 0 Å². The third-order valence-electron chi connectivity index (χ3n) is 4.26. The third-order valence-corrected chi connectivity index (χ3v) is 4.26. The number of anilines is 2. The lowest BCUT2D eigenvalue weighted by Gasteiger charge is -2.17. The smallest absolute Gasteiger partial charge is 0.253 e. The third kappa shape index (κ3) is 4.51. The Morgan fingerprint density at radius 2 is 1.92 bits per heavy atom. The second-order valence-corrected chi connectivity index (χ2v) is 6.03. The molecule has 1 amide bonds. The van der Waals surface area contributed by atoms with Gasteiger partial charge in [0.05, 0.1) is 12.1 Å². The number of aromatic nitrogens is 1. The molecule has 1 aromatic heterocycles. The maximum absolute atomic E-state index is 11.8. The summed E-state index contributed by atoms with van der Waals surface area (Å²) in [6, 6.07) is 12.2. The first-order valence-corrected chi connectivity index (χ1v) is 8.52. The van der Waals surface area contributed by atoms with Crippen LogP contribution >= 0.6 is 0 Å². The average molecular weight is 334 g/mol. The molecule has 2 aromatic rings. The molecular formula is C20H22N4O. The number of nitrogens with zero attached hydrogens (tertiary/aromatic N) is 2. The zero-order valence-corrected chi connectivity index (χ0v) is 14.2. The van der Waals surface area contributed by atoms with Gasteiger partial charge in [-0.25, -0.2) is 4.98 Å². The van der Waals surface area contributed by atoms with Crippen molar-refractivity contribution in [1.29, 1.82) is 0 Å². The SMILES string of the molecule is C#CCNC(=O)c1ccc(NCc2ccc(N3CCCC3)cc2)nc1. The molecule has 0 radical (unpaired) electrons. The standard InChI is InChI=1S/C20H22N4O/c1-2-11-21-20(25)17-7-10-19(23-15-17)22-14-16-5-8-18(9-6-16)24-12-3-4-13-24/h1,5-10,15H,3-4,11-14H2,(H,21,25)(H,22,23). The van der Waals surface area contributed by atoms with Crippen LogP contribution in [0.15, 0.2) is 42.6 Å². The molecule has 1 saturated heterocycles. The summed E-state index contributed by atoms with van der Waals surface area (Å²) in [7, 11) is 0. The van der Waals surface area contributed by atoms with E-state index < -0.39 is 0 Å². The van der Waals surface area contributed by atoms with Gasteiger partial charge in [-0.15, -0.1) is 6.42 Å². The second kappa shape index (κ2) is 8.20. The summed E-state index contributed by atoms with van der Waals surface area (Å²) in [5.41, 5.74) is 2.98. The molecule has 0 saturated carbocycles. The molecule has 0 unspecified atom stereocenters. The fraction of sp³-hybridized carbons (Fsp3) is 0.300. The number of hydrogen-bond donors (Lipinski definition) is 2. The van der Waals surface area contributed by atoms with Crippen LogP contribution in [-0.2, 0) is 6.54 Å². The van der Waals surface area contributed by atoms with Gasteiger partial charge in [-0.05, 0) is 42.7 Å². The first kappa shape index (κ1) is 16.8. The number of pyridine rings is 1. The normalized spacial score (nSPS) is 13.3. The van der Waals surface area contributed by atoms with Crippen LogP contribution in [0.25, 0.3) is 0 Å². The molecule has 5 heteroatoms. The molecule has 2 N–H and O–H groups in total. The number of benzene rings is 1. The van der Waals surface area contributed by atoms with E-state index in [9.17, 15) is 4.79 Å². The quantitative estimate of drug-likeness (QED) is 0.798. The predicted molar refractivity (Wildman–Crippen MR) is 101 cm³/mol. The van der Waals surface area contributed by atoms with Crippen molar-refractivity contribution in [1.82, 2.24) is 10.3 Å². The van der Waals surface area contributed by atoms with Gasteiger partial charge in [0.25, 0.3) is 5.91 Å². The highest BCUT2D eigenvalue weighted by atomic mass is 16.1. The molecule has 0 atom stereocenters. The Morgan fingerprint density at radius 3 is 2.56 bits per heavy atom. The summed E-state index contributed by atoms with van der Waals surface area (Å²) in [5, 5.41) is 5.89. The molecule has 0 bridgehead atoms. The Hall–Kier alpha value is -3.00. The first-order valence-electron chi connectivity index (χ1n) is 8.52. The van der Waals surface area contributed by atoms with Crippen molar-refractivity contribution >= 4 is 17.4 Å². The highest BCUT2D eigenvalue weighted by Crippen LogP contribution is 2.20. The van der Waals surface area contributed by atoms with Gasteiger partial charge in [0.1, 0.15) is 5.82 Å². The van der Waals surface area contributed by atoms with Crippen LogP contribution in [0.2, 0.25) is 0 Å². The van der Waals surface area contributed by atoms with Crippen LogP contribution in [0.1, 0.15) is 28.8 Å². The molecule has 0 spiro atoms. The molecule has 1 aliphatic rings. The topological polar surface area (TPSA) is 57.3 Å². The minimum atomic E-state index is -0.213. The van der Waals surface area contributed by atoms with Crippen molar-refractivity contribution in [3.05, 3.63) is 53.7 Å². The van der Waals surface area contributed by atoms with E-state index in [4.69, 9.17) is 6.42 Å². The van der Waals surface area contributed by atoms with E-state index in [-0.39, 0.29) is 12.5 Å². The lowest BCUT2D eigenvalue weighted by molar-refractivity contribution is 0.0958. The predicted octanol–water partition coefficient (Wildman–Crippen LogP) is 2.66. The van der Waals surface area contributed by atoms with Crippen LogP contribution in [0.5, 0.6) is 0 Å². The molecular weight excluding hydrogens is 312 g/mol.